The summed E-state index contributed by atoms with van der Waals surface area (Å²) in [6, 6.07) is -0.438. The summed E-state index contributed by atoms with van der Waals surface area (Å²) in [7, 11) is 0. The molecule has 0 aliphatic carbocycles. The minimum atomic E-state index is -0.567. The van der Waals surface area contributed by atoms with Gasteiger partial charge in [-0.05, 0) is 13.8 Å². The molecule has 0 spiro atoms. The second-order valence-corrected chi connectivity index (χ2v) is 2.51. The van der Waals surface area contributed by atoms with E-state index < -0.39 is 6.04 Å². The molecule has 0 radical (unpaired) electrons. The minimum absolute atomic E-state index is 0.130. The van der Waals surface area contributed by atoms with Crippen LogP contribution in [0.25, 0.3) is 0 Å². The largest absolute Gasteiger partial charge is 0.353 e. The third-order valence-corrected chi connectivity index (χ3v) is 1.02. The van der Waals surface area contributed by atoms with Crippen molar-refractivity contribution in [3.05, 3.63) is 0 Å². The van der Waals surface area contributed by atoms with Gasteiger partial charge in [0.05, 0.1) is 6.04 Å². The molecule has 5 N–H and O–H groups in total. The van der Waals surface area contributed by atoms with Crippen molar-refractivity contribution >= 4 is 5.91 Å². The van der Waals surface area contributed by atoms with Gasteiger partial charge in [-0.15, -0.1) is 0 Å². The fraction of sp³-hybridized carbons (Fsp3) is 0.833. The molecular formula is C6H15N3O. The van der Waals surface area contributed by atoms with Gasteiger partial charge in [0, 0.05) is 12.6 Å². The van der Waals surface area contributed by atoms with Gasteiger partial charge in [-0.3, -0.25) is 4.79 Å². The monoisotopic (exact) mass is 145 g/mol. The van der Waals surface area contributed by atoms with Crippen LogP contribution in [0, 0.1) is 0 Å². The van der Waals surface area contributed by atoms with Gasteiger partial charge in [-0.2, -0.15) is 0 Å². The third kappa shape index (κ3) is 3.42. The van der Waals surface area contributed by atoms with Crippen molar-refractivity contribution in [2.24, 2.45) is 11.5 Å². The highest BCUT2D eigenvalue weighted by atomic mass is 16.2. The Hall–Kier alpha value is -0.610. The molecule has 0 aromatic rings. The molecule has 4 heteroatoms. The van der Waals surface area contributed by atoms with Crippen LogP contribution < -0.4 is 16.8 Å². The number of carbonyl (C=O) groups is 1. The van der Waals surface area contributed by atoms with E-state index in [1.165, 1.54) is 0 Å². The molecule has 0 rings (SSSR count). The zero-order valence-electron chi connectivity index (χ0n) is 6.42. The summed E-state index contributed by atoms with van der Waals surface area (Å²) >= 11 is 0. The predicted octanol–water partition coefficient (Wildman–Crippen LogP) is -1.20. The van der Waals surface area contributed by atoms with Gasteiger partial charge in [-0.1, -0.05) is 0 Å². The summed E-state index contributed by atoms with van der Waals surface area (Å²) in [4.78, 5) is 10.9. The lowest BCUT2D eigenvalue weighted by Gasteiger charge is -2.11. The van der Waals surface area contributed by atoms with E-state index in [0.29, 0.717) is 0 Å². The summed E-state index contributed by atoms with van der Waals surface area (Å²) in [5.74, 6) is -0.183. The molecule has 60 valence electrons. The summed E-state index contributed by atoms with van der Waals surface area (Å²) in [5, 5.41) is 2.65. The van der Waals surface area contributed by atoms with Crippen LogP contribution >= 0.6 is 0 Å². The lowest BCUT2D eigenvalue weighted by molar-refractivity contribution is -0.122. The first-order valence-corrected chi connectivity index (χ1v) is 3.34. The van der Waals surface area contributed by atoms with Crippen LogP contribution in [0.3, 0.4) is 0 Å². The smallest absolute Gasteiger partial charge is 0.238 e. The van der Waals surface area contributed by atoms with Gasteiger partial charge in [0.25, 0.3) is 0 Å². The Kier molecular flexibility index (Phi) is 3.99. The van der Waals surface area contributed by atoms with Crippen LogP contribution in [0.15, 0.2) is 0 Å². The second kappa shape index (κ2) is 4.24. The summed E-state index contributed by atoms with van der Waals surface area (Å²) in [6.07, 6.45) is 0. The molecule has 0 saturated heterocycles. The average Bonchev–Trinajstić information content (AvgIpc) is 1.85. The highest BCUT2D eigenvalue weighted by Gasteiger charge is 2.10. The highest BCUT2D eigenvalue weighted by molar-refractivity contribution is 5.81. The van der Waals surface area contributed by atoms with E-state index in [-0.39, 0.29) is 18.5 Å². The van der Waals surface area contributed by atoms with Crippen LogP contribution in [0.4, 0.5) is 0 Å². The fourth-order valence-corrected chi connectivity index (χ4v) is 0.499. The normalized spacial score (nSPS) is 13.3. The number of nitrogens with one attached hydrogen (secondary N) is 1. The van der Waals surface area contributed by atoms with E-state index in [4.69, 9.17) is 11.5 Å². The van der Waals surface area contributed by atoms with E-state index >= 15 is 0 Å². The summed E-state index contributed by atoms with van der Waals surface area (Å²) in [6.45, 7) is 3.95. The van der Waals surface area contributed by atoms with Crippen molar-refractivity contribution in [1.82, 2.24) is 5.32 Å². The Morgan fingerprint density at radius 1 is 1.60 bits per heavy atom. The Labute approximate surface area is 61.0 Å². The molecule has 10 heavy (non-hydrogen) atoms. The van der Waals surface area contributed by atoms with Crippen molar-refractivity contribution in [2.75, 3.05) is 6.54 Å². The lowest BCUT2D eigenvalue weighted by Crippen LogP contribution is -2.47. The summed E-state index contributed by atoms with van der Waals surface area (Å²) < 4.78 is 0. The Balaban J connectivity index is 3.62. The number of hydrogen-bond donors (Lipinski definition) is 3. The quantitative estimate of drug-likeness (QED) is 0.466. The van der Waals surface area contributed by atoms with Gasteiger partial charge in [0.1, 0.15) is 0 Å². The Morgan fingerprint density at radius 3 is 2.40 bits per heavy atom. The van der Waals surface area contributed by atoms with Gasteiger partial charge < -0.3 is 16.8 Å². The molecule has 0 heterocycles. The first-order valence-electron chi connectivity index (χ1n) is 3.34. The van der Waals surface area contributed by atoms with Crippen molar-refractivity contribution in [3.8, 4) is 0 Å². The van der Waals surface area contributed by atoms with Gasteiger partial charge >= 0.3 is 0 Å². The number of carbonyl (C=O) groups excluding carboxylic acids is 1. The molecule has 0 fully saturated rings. The van der Waals surface area contributed by atoms with Crippen molar-refractivity contribution in [1.29, 1.82) is 0 Å². The van der Waals surface area contributed by atoms with Crippen LogP contribution in [-0.2, 0) is 4.79 Å². The zero-order chi connectivity index (χ0) is 8.15. The molecular weight excluding hydrogens is 130 g/mol. The molecule has 0 saturated carbocycles. The topological polar surface area (TPSA) is 81.1 Å². The molecule has 0 aliphatic rings. The Morgan fingerprint density at radius 2 is 2.10 bits per heavy atom. The molecule has 4 nitrogen and oxygen atoms in total. The van der Waals surface area contributed by atoms with E-state index in [0.717, 1.165) is 0 Å². The zero-order valence-corrected chi connectivity index (χ0v) is 6.42. The Bertz CT molecular complexity index is 114. The van der Waals surface area contributed by atoms with Crippen LogP contribution in [0.5, 0.6) is 0 Å². The van der Waals surface area contributed by atoms with E-state index in [2.05, 4.69) is 5.32 Å². The number of nitrogens with two attached hydrogens (primary N) is 2. The fourth-order valence-electron chi connectivity index (χ4n) is 0.499. The highest BCUT2D eigenvalue weighted by Crippen LogP contribution is 1.79. The van der Waals surface area contributed by atoms with Gasteiger partial charge in [-0.25, -0.2) is 0 Å². The molecule has 0 unspecified atom stereocenters. The molecule has 1 amide bonds. The maximum absolute atomic E-state index is 10.9. The second-order valence-electron chi connectivity index (χ2n) is 2.51. The lowest BCUT2D eigenvalue weighted by atomic mass is 10.3. The van der Waals surface area contributed by atoms with Crippen molar-refractivity contribution in [2.45, 2.75) is 25.9 Å². The van der Waals surface area contributed by atoms with Crippen LogP contribution in [0.2, 0.25) is 0 Å². The van der Waals surface area contributed by atoms with Gasteiger partial charge in [0.2, 0.25) is 5.91 Å². The van der Waals surface area contributed by atoms with E-state index in [1.807, 2.05) is 13.8 Å². The molecule has 0 bridgehead atoms. The summed E-state index contributed by atoms with van der Waals surface area (Å²) in [5.41, 5.74) is 10.5. The first kappa shape index (κ1) is 9.39. The maximum Gasteiger partial charge on any atom is 0.238 e. The molecule has 1 atom stereocenters. The number of hydrogen-bond acceptors (Lipinski definition) is 3. The SMILES string of the molecule is CC(C)NC(=O)[C@@H](N)CN. The first-order chi connectivity index (χ1) is 4.57. The number of amides is 1. The standard InChI is InChI=1S/C6H15N3O/c1-4(2)9-6(10)5(8)3-7/h4-5H,3,7-8H2,1-2H3,(H,9,10)/t5-/m0/s1. The molecule has 0 aliphatic heterocycles. The van der Waals surface area contributed by atoms with Crippen molar-refractivity contribution in [3.63, 3.8) is 0 Å². The predicted molar refractivity (Wildman–Crippen MR) is 40.3 cm³/mol. The average molecular weight is 145 g/mol. The van der Waals surface area contributed by atoms with E-state index in [1.54, 1.807) is 0 Å². The minimum Gasteiger partial charge on any atom is -0.353 e. The van der Waals surface area contributed by atoms with E-state index in [9.17, 15) is 4.79 Å². The van der Waals surface area contributed by atoms with Crippen LogP contribution in [0.1, 0.15) is 13.8 Å². The van der Waals surface area contributed by atoms with Crippen molar-refractivity contribution < 1.29 is 4.79 Å². The van der Waals surface area contributed by atoms with Gasteiger partial charge in [0.15, 0.2) is 0 Å². The third-order valence-electron chi connectivity index (χ3n) is 1.02. The number of rotatable bonds is 3. The van der Waals surface area contributed by atoms with Crippen LogP contribution in [-0.4, -0.2) is 24.5 Å². The molecule has 0 aromatic carbocycles. The molecule has 0 aromatic heterocycles. The maximum atomic E-state index is 10.9.